The van der Waals surface area contributed by atoms with Crippen molar-refractivity contribution in [3.63, 3.8) is 0 Å². The van der Waals surface area contributed by atoms with Crippen LogP contribution in [0, 0.1) is 12.8 Å². The summed E-state index contributed by atoms with van der Waals surface area (Å²) in [6.07, 6.45) is 43.6. The van der Waals surface area contributed by atoms with Gasteiger partial charge in [0.05, 0.1) is 0 Å². The fourth-order valence-electron chi connectivity index (χ4n) is 5.62. The van der Waals surface area contributed by atoms with Crippen LogP contribution >= 0.6 is 0 Å². The molecule has 0 aromatic carbocycles. The van der Waals surface area contributed by atoms with Gasteiger partial charge in [-0.3, -0.25) is 0 Å². The summed E-state index contributed by atoms with van der Waals surface area (Å²) >= 11 is 0. The van der Waals surface area contributed by atoms with Crippen molar-refractivity contribution in [1.29, 1.82) is 0 Å². The van der Waals surface area contributed by atoms with E-state index in [2.05, 4.69) is 20.8 Å². The van der Waals surface area contributed by atoms with Crippen molar-refractivity contribution in [2.75, 3.05) is 0 Å². The van der Waals surface area contributed by atoms with Gasteiger partial charge in [-0.05, 0) is 5.92 Å². The van der Waals surface area contributed by atoms with Crippen LogP contribution in [0.15, 0.2) is 0 Å². The van der Waals surface area contributed by atoms with E-state index in [1.165, 1.54) is 186 Å². The quantitative estimate of drug-likeness (QED) is 0.0902. The SMILES string of the molecule is [CH2]CCC(CCCCCC)CCCCCCCCCCCCCCCCCCCCCCCC. The monoisotopic (exact) mass is 478 g/mol. The summed E-state index contributed by atoms with van der Waals surface area (Å²) in [6, 6.07) is 0. The minimum Gasteiger partial charge on any atom is -0.0654 e. The molecule has 0 saturated carbocycles. The van der Waals surface area contributed by atoms with Crippen LogP contribution in [-0.4, -0.2) is 0 Å². The molecule has 1 atom stereocenters. The summed E-state index contributed by atoms with van der Waals surface area (Å²) in [5.74, 6) is 0.972. The number of hydrogen-bond donors (Lipinski definition) is 0. The zero-order valence-electron chi connectivity index (χ0n) is 24.5. The number of hydrogen-bond acceptors (Lipinski definition) is 0. The van der Waals surface area contributed by atoms with Crippen molar-refractivity contribution in [3.8, 4) is 0 Å². The predicted octanol–water partition coefficient (Wildman–Crippen LogP) is 13.2. The van der Waals surface area contributed by atoms with Crippen LogP contribution in [0.5, 0.6) is 0 Å². The first-order valence-electron chi connectivity index (χ1n) is 16.6. The normalized spacial score (nSPS) is 12.4. The molecular weight excluding hydrogens is 408 g/mol. The Kier molecular flexibility index (Phi) is 31.0. The second-order valence-corrected chi connectivity index (χ2v) is 11.6. The third-order valence-corrected chi connectivity index (χ3v) is 8.04. The van der Waals surface area contributed by atoms with Crippen molar-refractivity contribution in [3.05, 3.63) is 6.92 Å². The Labute approximate surface area is 219 Å². The fraction of sp³-hybridized carbons (Fsp3) is 0.971. The van der Waals surface area contributed by atoms with Gasteiger partial charge < -0.3 is 0 Å². The van der Waals surface area contributed by atoms with Gasteiger partial charge in [-0.15, -0.1) is 0 Å². The molecule has 0 aliphatic rings. The highest BCUT2D eigenvalue weighted by Gasteiger charge is 2.07. The van der Waals surface area contributed by atoms with Crippen molar-refractivity contribution >= 4 is 0 Å². The summed E-state index contributed by atoms with van der Waals surface area (Å²) in [5.41, 5.74) is 0. The summed E-state index contributed by atoms with van der Waals surface area (Å²) in [5, 5.41) is 0. The lowest BCUT2D eigenvalue weighted by Crippen LogP contribution is -2.00. The van der Waals surface area contributed by atoms with Gasteiger partial charge in [-0.1, -0.05) is 213 Å². The molecule has 0 aromatic heterocycles. The van der Waals surface area contributed by atoms with E-state index in [1.807, 2.05) is 0 Å². The Balaban J connectivity index is 3.20. The van der Waals surface area contributed by atoms with E-state index in [9.17, 15) is 0 Å². The molecule has 0 aromatic rings. The van der Waals surface area contributed by atoms with Crippen LogP contribution in [0.1, 0.15) is 206 Å². The highest BCUT2D eigenvalue weighted by molar-refractivity contribution is 4.62. The van der Waals surface area contributed by atoms with Crippen LogP contribution < -0.4 is 0 Å². The Hall–Kier alpha value is 0. The van der Waals surface area contributed by atoms with E-state index in [0.717, 1.165) is 12.3 Å². The maximum absolute atomic E-state index is 4.11. The molecule has 205 valence electrons. The van der Waals surface area contributed by atoms with Gasteiger partial charge in [0.15, 0.2) is 0 Å². The smallest absolute Gasteiger partial charge is 0.0414 e. The highest BCUT2D eigenvalue weighted by atomic mass is 14.1. The molecule has 0 amide bonds. The minimum atomic E-state index is 0.972. The molecule has 0 bridgehead atoms. The molecule has 0 aliphatic carbocycles. The minimum absolute atomic E-state index is 0.972. The topological polar surface area (TPSA) is 0 Å². The van der Waals surface area contributed by atoms with E-state index >= 15 is 0 Å². The first-order chi connectivity index (χ1) is 16.8. The lowest BCUT2D eigenvalue weighted by atomic mass is 9.91. The molecular formula is C34H69. The maximum Gasteiger partial charge on any atom is -0.0414 e. The van der Waals surface area contributed by atoms with Gasteiger partial charge >= 0.3 is 0 Å². The standard InChI is InChI=1S/C34H69/c1-4-7-9-11-12-13-14-15-16-17-18-19-20-21-22-23-24-25-26-27-28-30-33-34(31-6-3)32-29-10-8-5-2/h34H,3-33H2,1-2H3. The van der Waals surface area contributed by atoms with E-state index in [0.29, 0.717) is 0 Å². The van der Waals surface area contributed by atoms with Crippen LogP contribution in [0.4, 0.5) is 0 Å². The molecule has 0 heterocycles. The summed E-state index contributed by atoms with van der Waals surface area (Å²) in [7, 11) is 0. The van der Waals surface area contributed by atoms with Crippen molar-refractivity contribution < 1.29 is 0 Å². The fourth-order valence-corrected chi connectivity index (χ4v) is 5.62. The zero-order valence-corrected chi connectivity index (χ0v) is 24.5. The summed E-state index contributed by atoms with van der Waals surface area (Å²) in [4.78, 5) is 0. The van der Waals surface area contributed by atoms with Gasteiger partial charge in [0, 0.05) is 0 Å². The number of unbranched alkanes of at least 4 members (excludes halogenated alkanes) is 24. The second kappa shape index (κ2) is 31.0. The Morgan fingerprint density at radius 2 is 0.559 bits per heavy atom. The van der Waals surface area contributed by atoms with Crippen LogP contribution in [0.25, 0.3) is 0 Å². The second-order valence-electron chi connectivity index (χ2n) is 11.6. The highest BCUT2D eigenvalue weighted by Crippen LogP contribution is 2.23. The lowest BCUT2D eigenvalue weighted by Gasteiger charge is -2.15. The van der Waals surface area contributed by atoms with Gasteiger partial charge in [-0.25, -0.2) is 0 Å². The summed E-state index contributed by atoms with van der Waals surface area (Å²) < 4.78 is 0. The van der Waals surface area contributed by atoms with Gasteiger partial charge in [0.2, 0.25) is 0 Å². The first-order valence-corrected chi connectivity index (χ1v) is 16.6. The van der Waals surface area contributed by atoms with Gasteiger partial charge in [-0.2, -0.15) is 0 Å². The average molecular weight is 478 g/mol. The summed E-state index contributed by atoms with van der Waals surface area (Å²) in [6.45, 7) is 8.73. The molecule has 0 heteroatoms. The molecule has 0 N–H and O–H groups in total. The van der Waals surface area contributed by atoms with E-state index in [1.54, 1.807) is 0 Å². The Morgan fingerprint density at radius 3 is 0.824 bits per heavy atom. The van der Waals surface area contributed by atoms with Gasteiger partial charge in [0.25, 0.3) is 0 Å². The molecule has 1 radical (unpaired) electrons. The molecule has 0 saturated heterocycles. The lowest BCUT2D eigenvalue weighted by molar-refractivity contribution is 0.383. The Bertz CT molecular complexity index is 333. The molecule has 1 unspecified atom stereocenters. The zero-order chi connectivity index (χ0) is 24.8. The largest absolute Gasteiger partial charge is 0.0654 e. The average Bonchev–Trinajstić information content (AvgIpc) is 2.84. The van der Waals surface area contributed by atoms with Gasteiger partial charge in [0.1, 0.15) is 0 Å². The van der Waals surface area contributed by atoms with Crippen molar-refractivity contribution in [2.45, 2.75) is 206 Å². The molecule has 0 fully saturated rings. The third kappa shape index (κ3) is 28.2. The molecule has 34 heavy (non-hydrogen) atoms. The molecule has 0 nitrogen and oxygen atoms in total. The van der Waals surface area contributed by atoms with Crippen LogP contribution in [0.2, 0.25) is 0 Å². The van der Waals surface area contributed by atoms with Crippen LogP contribution in [-0.2, 0) is 0 Å². The van der Waals surface area contributed by atoms with E-state index in [4.69, 9.17) is 0 Å². The van der Waals surface area contributed by atoms with E-state index in [-0.39, 0.29) is 0 Å². The number of rotatable bonds is 30. The third-order valence-electron chi connectivity index (χ3n) is 8.04. The van der Waals surface area contributed by atoms with Crippen LogP contribution in [0.3, 0.4) is 0 Å². The molecule has 0 rings (SSSR count). The molecule has 0 aliphatic heterocycles. The van der Waals surface area contributed by atoms with Crippen molar-refractivity contribution in [2.24, 2.45) is 5.92 Å². The van der Waals surface area contributed by atoms with E-state index < -0.39 is 0 Å². The Morgan fingerprint density at radius 1 is 0.324 bits per heavy atom. The maximum atomic E-state index is 4.11. The first kappa shape index (κ1) is 34.0. The van der Waals surface area contributed by atoms with Crippen molar-refractivity contribution in [1.82, 2.24) is 0 Å². The molecule has 0 spiro atoms. The predicted molar refractivity (Wildman–Crippen MR) is 159 cm³/mol.